The lowest BCUT2D eigenvalue weighted by Gasteiger charge is -2.28. The summed E-state index contributed by atoms with van der Waals surface area (Å²) in [5, 5.41) is 9.58. The topological polar surface area (TPSA) is 27.0 Å². The van der Waals surface area contributed by atoms with Gasteiger partial charge in [0, 0.05) is 11.9 Å². The first-order valence-corrected chi connectivity index (χ1v) is 9.57. The van der Waals surface area contributed by atoms with Gasteiger partial charge < -0.3 is 4.90 Å². The minimum absolute atomic E-state index is 0.110. The molecule has 4 rings (SSSR count). The van der Waals surface area contributed by atoms with E-state index in [0.29, 0.717) is 5.70 Å². The first-order valence-electron chi connectivity index (χ1n) is 9.19. The SMILES string of the molecule is CCc1cccc(C2=CN3C(C#N)=CCC=C3C=C2)c1-c1ccc(F)c(Cl)c1. The molecule has 0 saturated heterocycles. The lowest BCUT2D eigenvalue weighted by molar-refractivity contribution is 0.598. The largest absolute Gasteiger partial charge is 0.308 e. The van der Waals surface area contributed by atoms with Gasteiger partial charge in [-0.2, -0.15) is 5.26 Å². The Labute approximate surface area is 169 Å². The van der Waals surface area contributed by atoms with E-state index in [0.717, 1.165) is 46.4 Å². The normalized spacial score (nSPS) is 15.4. The molecule has 0 unspecified atom stereocenters. The number of nitrogens with zero attached hydrogens (tertiary/aromatic N) is 2. The molecular formula is C24H18ClFN2. The van der Waals surface area contributed by atoms with E-state index in [9.17, 15) is 9.65 Å². The number of aryl methyl sites for hydroxylation is 1. The average molecular weight is 389 g/mol. The number of hydrogen-bond acceptors (Lipinski definition) is 2. The molecule has 0 atom stereocenters. The second kappa shape index (κ2) is 7.50. The Morgan fingerprint density at radius 3 is 2.79 bits per heavy atom. The third-order valence-electron chi connectivity index (χ3n) is 5.04. The molecule has 4 heteroatoms. The third kappa shape index (κ3) is 3.17. The summed E-state index contributed by atoms with van der Waals surface area (Å²) in [6.07, 6.45) is 11.7. The predicted octanol–water partition coefficient (Wildman–Crippen LogP) is 6.62. The lowest BCUT2D eigenvalue weighted by atomic mass is 9.88. The molecule has 138 valence electrons. The highest BCUT2D eigenvalue weighted by Crippen LogP contribution is 2.38. The number of fused-ring (bicyclic) bond motifs is 1. The highest BCUT2D eigenvalue weighted by molar-refractivity contribution is 6.31. The number of hydrogen-bond donors (Lipinski definition) is 0. The molecule has 0 aromatic heterocycles. The van der Waals surface area contributed by atoms with Crippen LogP contribution in [0, 0.1) is 17.1 Å². The van der Waals surface area contributed by atoms with Gasteiger partial charge in [-0.25, -0.2) is 4.39 Å². The number of halogens is 2. The smallest absolute Gasteiger partial charge is 0.141 e. The Balaban J connectivity index is 1.88. The van der Waals surface area contributed by atoms with Crippen molar-refractivity contribution in [2.75, 3.05) is 0 Å². The van der Waals surface area contributed by atoms with Crippen molar-refractivity contribution >= 4 is 17.2 Å². The standard InChI is InChI=1S/C24H18ClFN2/c1-2-16-5-3-8-21(24(16)17-10-12-23(26)22(25)13-17)18-9-11-19-6-4-7-20(14-27)28(19)15-18/h3,5-13,15H,2,4H2,1H3. The Bertz CT molecular complexity index is 1120. The number of rotatable bonds is 3. The molecule has 0 bridgehead atoms. The number of nitriles is 1. The van der Waals surface area contributed by atoms with Crippen molar-refractivity contribution in [3.05, 3.63) is 100 Å². The van der Waals surface area contributed by atoms with Crippen LogP contribution >= 0.6 is 11.6 Å². The molecule has 2 aliphatic rings. The highest BCUT2D eigenvalue weighted by Gasteiger charge is 2.20. The van der Waals surface area contributed by atoms with Crippen LogP contribution in [0.15, 0.2) is 78.3 Å². The lowest BCUT2D eigenvalue weighted by Crippen LogP contribution is -2.19. The van der Waals surface area contributed by atoms with Crippen molar-refractivity contribution in [3.63, 3.8) is 0 Å². The van der Waals surface area contributed by atoms with Gasteiger partial charge in [0.1, 0.15) is 17.6 Å². The summed E-state index contributed by atoms with van der Waals surface area (Å²) in [7, 11) is 0. The van der Waals surface area contributed by atoms with E-state index in [1.807, 2.05) is 29.3 Å². The summed E-state index contributed by atoms with van der Waals surface area (Å²) < 4.78 is 13.7. The van der Waals surface area contributed by atoms with Crippen molar-refractivity contribution in [2.45, 2.75) is 19.8 Å². The molecule has 2 aromatic rings. The fourth-order valence-corrected chi connectivity index (χ4v) is 3.84. The Kier molecular flexibility index (Phi) is 4.90. The van der Waals surface area contributed by atoms with Crippen molar-refractivity contribution in [3.8, 4) is 17.2 Å². The molecule has 0 aliphatic carbocycles. The van der Waals surface area contributed by atoms with Crippen LogP contribution in [-0.2, 0) is 6.42 Å². The molecule has 0 spiro atoms. The molecular weight excluding hydrogens is 371 g/mol. The maximum absolute atomic E-state index is 13.7. The fraction of sp³-hybridized carbons (Fsp3) is 0.125. The first kappa shape index (κ1) is 18.3. The molecule has 2 heterocycles. The summed E-state index contributed by atoms with van der Waals surface area (Å²) >= 11 is 6.06. The second-order valence-electron chi connectivity index (χ2n) is 6.68. The van der Waals surface area contributed by atoms with Gasteiger partial charge in [0.2, 0.25) is 0 Å². The fourth-order valence-electron chi connectivity index (χ4n) is 3.66. The summed E-state index contributed by atoms with van der Waals surface area (Å²) in [6, 6.07) is 13.3. The zero-order valence-electron chi connectivity index (χ0n) is 15.4. The zero-order chi connectivity index (χ0) is 19.7. The third-order valence-corrected chi connectivity index (χ3v) is 5.33. The van der Waals surface area contributed by atoms with Gasteiger partial charge in [0.25, 0.3) is 0 Å². The van der Waals surface area contributed by atoms with Crippen LogP contribution < -0.4 is 0 Å². The van der Waals surface area contributed by atoms with E-state index in [-0.39, 0.29) is 5.02 Å². The van der Waals surface area contributed by atoms with Crippen LogP contribution in [0.25, 0.3) is 16.7 Å². The van der Waals surface area contributed by atoms with Gasteiger partial charge in [-0.3, -0.25) is 0 Å². The van der Waals surface area contributed by atoms with E-state index in [4.69, 9.17) is 11.6 Å². The molecule has 2 aliphatic heterocycles. The molecule has 0 fully saturated rings. The van der Waals surface area contributed by atoms with Crippen molar-refractivity contribution in [1.29, 1.82) is 5.26 Å². The summed E-state index contributed by atoms with van der Waals surface area (Å²) in [6.45, 7) is 2.10. The Morgan fingerprint density at radius 2 is 2.04 bits per heavy atom. The Morgan fingerprint density at radius 1 is 1.18 bits per heavy atom. The quantitative estimate of drug-likeness (QED) is 0.591. The second-order valence-corrected chi connectivity index (χ2v) is 7.08. The zero-order valence-corrected chi connectivity index (χ0v) is 16.2. The number of benzene rings is 2. The van der Waals surface area contributed by atoms with E-state index < -0.39 is 5.82 Å². The number of allylic oxidation sites excluding steroid dienone is 6. The summed E-state index contributed by atoms with van der Waals surface area (Å²) in [5.74, 6) is -0.426. The van der Waals surface area contributed by atoms with Crippen LogP contribution in [0.2, 0.25) is 5.02 Å². The van der Waals surface area contributed by atoms with Crippen LogP contribution in [0.5, 0.6) is 0 Å². The van der Waals surface area contributed by atoms with Crippen LogP contribution in [0.4, 0.5) is 4.39 Å². The molecule has 0 saturated carbocycles. The van der Waals surface area contributed by atoms with E-state index in [1.54, 1.807) is 12.1 Å². The molecule has 2 nitrogen and oxygen atoms in total. The molecule has 0 radical (unpaired) electrons. The van der Waals surface area contributed by atoms with Gasteiger partial charge in [-0.15, -0.1) is 0 Å². The maximum Gasteiger partial charge on any atom is 0.141 e. The first-order chi connectivity index (χ1) is 13.6. The van der Waals surface area contributed by atoms with E-state index in [2.05, 4.69) is 37.3 Å². The maximum atomic E-state index is 13.7. The van der Waals surface area contributed by atoms with Crippen molar-refractivity contribution in [2.24, 2.45) is 0 Å². The minimum atomic E-state index is -0.426. The molecule has 2 aromatic carbocycles. The van der Waals surface area contributed by atoms with Crippen LogP contribution in [0.1, 0.15) is 24.5 Å². The summed E-state index contributed by atoms with van der Waals surface area (Å²) in [5.41, 5.74) is 6.72. The highest BCUT2D eigenvalue weighted by atomic mass is 35.5. The van der Waals surface area contributed by atoms with Crippen molar-refractivity contribution in [1.82, 2.24) is 4.90 Å². The van der Waals surface area contributed by atoms with Crippen molar-refractivity contribution < 1.29 is 4.39 Å². The molecule has 0 amide bonds. The molecule has 0 N–H and O–H groups in total. The van der Waals surface area contributed by atoms with Gasteiger partial charge >= 0.3 is 0 Å². The van der Waals surface area contributed by atoms with Gasteiger partial charge in [-0.1, -0.05) is 54.9 Å². The monoisotopic (exact) mass is 388 g/mol. The van der Waals surface area contributed by atoms with Gasteiger partial charge in [0.05, 0.1) is 5.02 Å². The van der Waals surface area contributed by atoms with Gasteiger partial charge in [0.15, 0.2) is 0 Å². The Hall–Kier alpha value is -3.09. The summed E-state index contributed by atoms with van der Waals surface area (Å²) in [4.78, 5) is 1.92. The van der Waals surface area contributed by atoms with Gasteiger partial charge in [-0.05, 0) is 65.0 Å². The van der Waals surface area contributed by atoms with Crippen LogP contribution in [0.3, 0.4) is 0 Å². The average Bonchev–Trinajstić information content (AvgIpc) is 2.74. The van der Waals surface area contributed by atoms with E-state index in [1.165, 1.54) is 6.07 Å². The van der Waals surface area contributed by atoms with Crippen LogP contribution in [-0.4, -0.2) is 4.90 Å². The minimum Gasteiger partial charge on any atom is -0.308 e. The van der Waals surface area contributed by atoms with E-state index >= 15 is 0 Å². The predicted molar refractivity (Wildman–Crippen MR) is 112 cm³/mol. The molecule has 28 heavy (non-hydrogen) atoms.